The van der Waals surface area contributed by atoms with Crippen LogP contribution >= 0.6 is 0 Å². The highest BCUT2D eigenvalue weighted by Crippen LogP contribution is 2.37. The molecule has 2 saturated carbocycles. The van der Waals surface area contributed by atoms with E-state index in [1.165, 1.54) is 25.4 Å². The van der Waals surface area contributed by atoms with E-state index in [2.05, 4.69) is 5.32 Å². The van der Waals surface area contributed by atoms with Crippen molar-refractivity contribution in [2.75, 3.05) is 13.7 Å². The Morgan fingerprint density at radius 1 is 1.19 bits per heavy atom. The van der Waals surface area contributed by atoms with Crippen LogP contribution < -0.4 is 20.2 Å². The summed E-state index contributed by atoms with van der Waals surface area (Å²) in [5, 5.41) is 2.73. The number of benzene rings is 1. The van der Waals surface area contributed by atoms with Crippen LogP contribution in [-0.4, -0.2) is 53.4 Å². The molecule has 0 unspecified atom stereocenters. The predicted molar refractivity (Wildman–Crippen MR) is 126 cm³/mol. The number of hydrogen-bond donors (Lipinski definition) is 1. The van der Waals surface area contributed by atoms with E-state index in [0.29, 0.717) is 30.3 Å². The Labute approximate surface area is 207 Å². The lowest BCUT2D eigenvalue weighted by atomic mass is 10.1. The van der Waals surface area contributed by atoms with Crippen molar-refractivity contribution in [1.82, 2.24) is 14.8 Å². The zero-order valence-corrected chi connectivity index (χ0v) is 20.0. The number of hydrogen-bond acceptors (Lipinski definition) is 6. The first-order chi connectivity index (χ1) is 17.4. The van der Waals surface area contributed by atoms with E-state index in [-0.39, 0.29) is 41.7 Å². The molecule has 1 N–H and O–H groups in total. The second kappa shape index (κ2) is 8.92. The molecule has 9 nitrogen and oxygen atoms in total. The lowest BCUT2D eigenvalue weighted by Crippen LogP contribution is -2.52. The number of halogens is 1. The minimum atomic E-state index is -0.654. The van der Waals surface area contributed by atoms with Gasteiger partial charge in [-0.15, -0.1) is 0 Å². The summed E-state index contributed by atoms with van der Waals surface area (Å²) in [5.41, 5.74) is -0.0534. The van der Waals surface area contributed by atoms with Gasteiger partial charge in [-0.1, -0.05) is 6.07 Å². The maximum Gasteiger partial charge on any atom is 0.276 e. The third-order valence-electron chi connectivity index (χ3n) is 7.43. The van der Waals surface area contributed by atoms with Crippen molar-refractivity contribution in [3.8, 4) is 11.5 Å². The van der Waals surface area contributed by atoms with Crippen LogP contribution in [0, 0.1) is 11.7 Å². The highest BCUT2D eigenvalue weighted by Gasteiger charge is 2.43. The van der Waals surface area contributed by atoms with Gasteiger partial charge in [-0.3, -0.25) is 14.4 Å². The lowest BCUT2D eigenvalue weighted by Gasteiger charge is -2.38. The van der Waals surface area contributed by atoms with Gasteiger partial charge < -0.3 is 29.0 Å². The number of ether oxygens (including phenoxy) is 3. The van der Waals surface area contributed by atoms with E-state index in [4.69, 9.17) is 14.2 Å². The largest absolute Gasteiger partial charge is 0.491 e. The molecule has 0 spiro atoms. The van der Waals surface area contributed by atoms with Crippen LogP contribution in [0.2, 0.25) is 0 Å². The van der Waals surface area contributed by atoms with Crippen LogP contribution in [0.3, 0.4) is 0 Å². The maximum atomic E-state index is 13.7. The van der Waals surface area contributed by atoms with Gasteiger partial charge in [-0.2, -0.15) is 0 Å². The Kier molecular flexibility index (Phi) is 5.70. The smallest absolute Gasteiger partial charge is 0.276 e. The van der Waals surface area contributed by atoms with Gasteiger partial charge in [0.25, 0.3) is 11.8 Å². The summed E-state index contributed by atoms with van der Waals surface area (Å²) in [6.07, 6.45) is 5.88. The Balaban J connectivity index is 1.27. The number of pyridine rings is 1. The van der Waals surface area contributed by atoms with Crippen molar-refractivity contribution >= 4 is 11.8 Å². The van der Waals surface area contributed by atoms with Gasteiger partial charge in [-0.25, -0.2) is 4.39 Å². The summed E-state index contributed by atoms with van der Waals surface area (Å²) in [6, 6.07) is 4.15. The van der Waals surface area contributed by atoms with E-state index < -0.39 is 23.4 Å². The summed E-state index contributed by atoms with van der Waals surface area (Å²) < 4.78 is 32.7. The van der Waals surface area contributed by atoms with Crippen LogP contribution in [0.4, 0.5) is 4.39 Å². The minimum Gasteiger partial charge on any atom is -0.491 e. The van der Waals surface area contributed by atoms with E-state index in [9.17, 15) is 18.8 Å². The molecule has 2 aromatic rings. The first kappa shape index (κ1) is 23.0. The molecule has 190 valence electrons. The van der Waals surface area contributed by atoms with Crippen LogP contribution in [0.15, 0.2) is 29.2 Å². The summed E-state index contributed by atoms with van der Waals surface area (Å²) in [7, 11) is 1.32. The number of nitrogens with zero attached hydrogens (tertiary/aromatic N) is 2. The molecule has 3 fully saturated rings. The molecule has 2 aliphatic carbocycles. The molecule has 6 rings (SSSR count). The fourth-order valence-corrected chi connectivity index (χ4v) is 5.44. The second-order valence-corrected chi connectivity index (χ2v) is 10.0. The van der Waals surface area contributed by atoms with Crippen molar-refractivity contribution in [3.05, 3.63) is 57.3 Å². The van der Waals surface area contributed by atoms with Crippen molar-refractivity contribution in [2.45, 2.75) is 63.6 Å². The molecule has 2 bridgehead atoms. The number of methoxy groups -OCH3 is 1. The van der Waals surface area contributed by atoms with Gasteiger partial charge in [0.1, 0.15) is 17.1 Å². The molecular weight excluding hydrogens is 469 g/mol. The molecule has 3 heterocycles. The SMILES string of the molecule is COc1c2n(cc(C(=O)NCc3ccc(F)cc3OC3CC3)c1=O)C[C@@H]1O[C@H]3CC[C@H](C3)CN1C2=O. The van der Waals surface area contributed by atoms with Crippen molar-refractivity contribution in [3.63, 3.8) is 0 Å². The molecular formula is C26H28FN3O6. The molecule has 3 atom stereocenters. The molecule has 1 aromatic carbocycles. The zero-order valence-electron chi connectivity index (χ0n) is 20.0. The van der Waals surface area contributed by atoms with Gasteiger partial charge in [0.2, 0.25) is 5.43 Å². The monoisotopic (exact) mass is 497 g/mol. The van der Waals surface area contributed by atoms with Gasteiger partial charge in [-0.05, 0) is 44.1 Å². The van der Waals surface area contributed by atoms with Crippen molar-refractivity contribution in [1.29, 1.82) is 0 Å². The Bertz CT molecular complexity index is 1290. The average Bonchev–Trinajstić information content (AvgIpc) is 3.59. The average molecular weight is 498 g/mol. The second-order valence-electron chi connectivity index (χ2n) is 10.0. The Morgan fingerprint density at radius 3 is 2.81 bits per heavy atom. The van der Waals surface area contributed by atoms with Crippen LogP contribution in [-0.2, 0) is 17.8 Å². The summed E-state index contributed by atoms with van der Waals surface area (Å²) in [4.78, 5) is 41.4. The number of rotatable bonds is 6. The van der Waals surface area contributed by atoms with Crippen LogP contribution in [0.25, 0.3) is 0 Å². The minimum absolute atomic E-state index is 0.0478. The number of amides is 2. The summed E-state index contributed by atoms with van der Waals surface area (Å²) >= 11 is 0. The third kappa shape index (κ3) is 4.13. The molecule has 10 heteroatoms. The fraction of sp³-hybridized carbons (Fsp3) is 0.500. The van der Waals surface area contributed by atoms with E-state index >= 15 is 0 Å². The Hall–Kier alpha value is -3.40. The fourth-order valence-electron chi connectivity index (χ4n) is 5.44. The maximum absolute atomic E-state index is 13.7. The number of nitrogens with one attached hydrogen (secondary N) is 1. The quantitative estimate of drug-likeness (QED) is 0.658. The molecule has 0 radical (unpaired) electrons. The number of aromatic nitrogens is 1. The number of carbonyl (C=O) groups is 2. The highest BCUT2D eigenvalue weighted by atomic mass is 19.1. The zero-order chi connectivity index (χ0) is 25.0. The molecule has 1 saturated heterocycles. The highest BCUT2D eigenvalue weighted by molar-refractivity contribution is 5.99. The standard InChI is InChI=1S/C26H28FN3O6/c1-34-24-22-26(33)30-11-14-2-5-18(8-14)36-21(30)13-29(22)12-19(23(24)31)25(32)28-10-15-3-4-16(27)9-20(15)35-17-6-7-17/h3-4,9,12,14,17-18,21H,2,5-8,10-11,13H2,1H3,(H,28,32)/t14-,18+,21+/m1/s1. The van der Waals surface area contributed by atoms with Gasteiger partial charge in [0.15, 0.2) is 17.7 Å². The molecule has 36 heavy (non-hydrogen) atoms. The third-order valence-corrected chi connectivity index (χ3v) is 7.43. The normalized spacial score (nSPS) is 24.6. The molecule has 1 aromatic heterocycles. The lowest BCUT2D eigenvalue weighted by molar-refractivity contribution is -0.0886. The van der Waals surface area contributed by atoms with Gasteiger partial charge >= 0.3 is 0 Å². The topological polar surface area (TPSA) is 99.1 Å². The van der Waals surface area contributed by atoms with Crippen molar-refractivity contribution in [2.24, 2.45) is 5.92 Å². The van der Waals surface area contributed by atoms with Crippen LogP contribution in [0.5, 0.6) is 11.5 Å². The van der Waals surface area contributed by atoms with Gasteiger partial charge in [0.05, 0.1) is 25.9 Å². The Morgan fingerprint density at radius 2 is 2.03 bits per heavy atom. The van der Waals surface area contributed by atoms with Gasteiger partial charge in [0, 0.05) is 30.9 Å². The molecule has 4 aliphatic rings. The first-order valence-electron chi connectivity index (χ1n) is 12.4. The summed E-state index contributed by atoms with van der Waals surface area (Å²) in [5.74, 6) is -0.758. The first-order valence-corrected chi connectivity index (χ1v) is 12.4. The van der Waals surface area contributed by atoms with E-state index in [0.717, 1.165) is 32.1 Å². The van der Waals surface area contributed by atoms with Crippen LogP contribution in [0.1, 0.15) is 58.5 Å². The number of fused-ring (bicyclic) bond motifs is 4. The molecule has 2 amide bonds. The predicted octanol–water partition coefficient (Wildman–Crippen LogP) is 2.45. The van der Waals surface area contributed by atoms with Crippen molar-refractivity contribution < 1.29 is 28.2 Å². The molecule has 2 aliphatic heterocycles. The van der Waals surface area contributed by atoms with E-state index in [1.54, 1.807) is 15.5 Å². The number of carbonyl (C=O) groups excluding carboxylic acids is 2. The van der Waals surface area contributed by atoms with E-state index in [1.807, 2.05) is 0 Å². The summed E-state index contributed by atoms with van der Waals surface area (Å²) in [6.45, 7) is 0.938.